The number of hydrogen-bond donors (Lipinski definition) is 1. The highest BCUT2D eigenvalue weighted by Crippen LogP contribution is 2.46. The Morgan fingerprint density at radius 2 is 1.94 bits per heavy atom. The second-order valence-corrected chi connectivity index (χ2v) is 10.2. The summed E-state index contributed by atoms with van der Waals surface area (Å²) in [5.74, 6) is -1.66. The van der Waals surface area contributed by atoms with Gasteiger partial charge in [0.2, 0.25) is 5.78 Å². The molecule has 1 aliphatic heterocycles. The van der Waals surface area contributed by atoms with Crippen molar-refractivity contribution in [1.82, 2.24) is 4.98 Å². The summed E-state index contributed by atoms with van der Waals surface area (Å²) >= 11 is 2.78. The number of aliphatic hydroxyl groups excluding tert-OH is 1. The number of para-hydroxylation sites is 1. The molecule has 0 bridgehead atoms. The Morgan fingerprint density at radius 3 is 2.71 bits per heavy atom. The van der Waals surface area contributed by atoms with Gasteiger partial charge in [-0.25, -0.2) is 4.98 Å². The van der Waals surface area contributed by atoms with E-state index in [1.807, 2.05) is 61.7 Å². The molecule has 4 heterocycles. The van der Waals surface area contributed by atoms with Crippen LogP contribution < -0.4 is 4.90 Å². The Morgan fingerprint density at radius 1 is 1.12 bits per heavy atom. The van der Waals surface area contributed by atoms with Crippen LogP contribution in [0.2, 0.25) is 0 Å². The lowest BCUT2D eigenvalue weighted by Crippen LogP contribution is -2.30. The molecular weight excluding hydrogens is 468 g/mol. The number of hydrogen-bond acceptors (Lipinski definition) is 7. The highest BCUT2D eigenvalue weighted by atomic mass is 32.1. The molecule has 1 aliphatic rings. The lowest BCUT2D eigenvalue weighted by atomic mass is 10.0. The molecule has 6 rings (SSSR count). The maximum Gasteiger partial charge on any atom is 0.296 e. The zero-order valence-electron chi connectivity index (χ0n) is 18.2. The van der Waals surface area contributed by atoms with Crippen molar-refractivity contribution in [3.8, 4) is 0 Å². The summed E-state index contributed by atoms with van der Waals surface area (Å²) in [5, 5.41) is 14.0. The van der Waals surface area contributed by atoms with E-state index in [2.05, 4.69) is 0 Å². The zero-order valence-corrected chi connectivity index (χ0v) is 19.9. The fraction of sp³-hybridized carbons (Fsp3) is 0.115. The number of amides is 1. The molecule has 1 N–H and O–H groups in total. The molecule has 2 aromatic carbocycles. The van der Waals surface area contributed by atoms with Crippen LogP contribution in [0.4, 0.5) is 5.13 Å². The van der Waals surface area contributed by atoms with Gasteiger partial charge in [-0.3, -0.25) is 14.5 Å². The Labute approximate surface area is 202 Å². The summed E-state index contributed by atoms with van der Waals surface area (Å²) < 4.78 is 6.72. The standard InChI is InChI=1S/C26H18N2O4S2/c1-13-10-14(2)21-19(11-13)34-26(27-21)28-22(18-8-5-9-33-18)20(24(30)25(28)31)23(29)17-12-15-6-3-4-7-16(15)32-17/h3-12,22,30H,1-2H3/t22-/m0/s1. The van der Waals surface area contributed by atoms with Crippen molar-refractivity contribution in [2.24, 2.45) is 0 Å². The van der Waals surface area contributed by atoms with Crippen molar-refractivity contribution in [1.29, 1.82) is 0 Å². The van der Waals surface area contributed by atoms with E-state index in [1.165, 1.54) is 27.6 Å². The minimum absolute atomic E-state index is 0.00124. The number of aliphatic hydroxyl groups is 1. The van der Waals surface area contributed by atoms with Gasteiger partial charge in [0.1, 0.15) is 11.6 Å². The van der Waals surface area contributed by atoms with Gasteiger partial charge in [0.25, 0.3) is 5.91 Å². The highest BCUT2D eigenvalue weighted by Gasteiger charge is 2.47. The number of ketones is 1. The summed E-state index contributed by atoms with van der Waals surface area (Å²) in [4.78, 5) is 33.9. The van der Waals surface area contributed by atoms with Gasteiger partial charge in [-0.05, 0) is 54.6 Å². The first-order valence-corrected chi connectivity index (χ1v) is 12.3. The van der Waals surface area contributed by atoms with Crippen LogP contribution in [0, 0.1) is 13.8 Å². The number of nitrogens with zero attached hydrogens (tertiary/aromatic N) is 2. The Balaban J connectivity index is 1.50. The minimum Gasteiger partial charge on any atom is -0.503 e. The molecule has 8 heteroatoms. The van der Waals surface area contributed by atoms with Crippen molar-refractivity contribution >= 4 is 60.7 Å². The van der Waals surface area contributed by atoms with Crippen molar-refractivity contribution < 1.29 is 19.1 Å². The summed E-state index contributed by atoms with van der Waals surface area (Å²) in [6.45, 7) is 3.99. The third-order valence-electron chi connectivity index (χ3n) is 5.94. The summed E-state index contributed by atoms with van der Waals surface area (Å²) in [7, 11) is 0. The molecule has 1 atom stereocenters. The molecule has 168 valence electrons. The number of thiophene rings is 1. The van der Waals surface area contributed by atoms with Crippen LogP contribution in [-0.2, 0) is 4.79 Å². The first kappa shape index (κ1) is 20.8. The van der Waals surface area contributed by atoms with E-state index in [0.29, 0.717) is 10.7 Å². The molecule has 1 amide bonds. The van der Waals surface area contributed by atoms with Gasteiger partial charge >= 0.3 is 0 Å². The first-order valence-electron chi connectivity index (χ1n) is 10.6. The average Bonchev–Trinajstić information content (AvgIpc) is 3.59. The lowest BCUT2D eigenvalue weighted by Gasteiger charge is -2.22. The third kappa shape index (κ3) is 3.10. The number of benzene rings is 2. The van der Waals surface area contributed by atoms with Crippen LogP contribution in [0.25, 0.3) is 21.2 Å². The van der Waals surface area contributed by atoms with Gasteiger partial charge in [0, 0.05) is 10.3 Å². The Hall–Kier alpha value is -3.75. The van der Waals surface area contributed by atoms with Crippen LogP contribution in [0.5, 0.6) is 0 Å². The summed E-state index contributed by atoms with van der Waals surface area (Å²) in [5.41, 5.74) is 3.48. The van der Waals surface area contributed by atoms with Crippen LogP contribution in [0.1, 0.15) is 32.6 Å². The maximum absolute atomic E-state index is 13.6. The van der Waals surface area contributed by atoms with Crippen molar-refractivity contribution in [2.75, 3.05) is 4.90 Å². The Kier molecular flexibility index (Phi) is 4.68. The van der Waals surface area contributed by atoms with Gasteiger partial charge in [0.15, 0.2) is 16.7 Å². The molecule has 5 aromatic rings. The molecule has 0 unspecified atom stereocenters. The minimum atomic E-state index is -0.796. The predicted molar refractivity (Wildman–Crippen MR) is 134 cm³/mol. The number of carbonyl (C=O) groups excluding carboxylic acids is 2. The fourth-order valence-electron chi connectivity index (χ4n) is 4.44. The molecule has 0 spiro atoms. The Bertz CT molecular complexity index is 1610. The topological polar surface area (TPSA) is 83.6 Å². The highest BCUT2D eigenvalue weighted by molar-refractivity contribution is 7.22. The molecular formula is C26H18N2O4S2. The monoisotopic (exact) mass is 486 g/mol. The van der Waals surface area contributed by atoms with E-state index in [0.717, 1.165) is 31.6 Å². The van der Waals surface area contributed by atoms with Crippen molar-refractivity contribution in [2.45, 2.75) is 19.9 Å². The van der Waals surface area contributed by atoms with Crippen LogP contribution in [0.3, 0.4) is 0 Å². The number of Topliss-reactive ketones (excluding diaryl/α,β-unsaturated/α-hetero) is 1. The van der Waals surface area contributed by atoms with Gasteiger partial charge in [0.05, 0.1) is 15.8 Å². The first-order chi connectivity index (χ1) is 16.4. The number of aryl methyl sites for hydroxylation is 2. The molecule has 3 aromatic heterocycles. The second kappa shape index (κ2) is 7.65. The number of fused-ring (bicyclic) bond motifs is 2. The SMILES string of the molecule is Cc1cc(C)c2nc(N3C(=O)C(O)=C(C(=O)c4cc5ccccc5o4)[C@@H]3c3cccs3)sc2c1. The average molecular weight is 487 g/mol. The smallest absolute Gasteiger partial charge is 0.296 e. The van der Waals surface area contributed by atoms with E-state index in [1.54, 1.807) is 12.1 Å². The van der Waals surface area contributed by atoms with E-state index < -0.39 is 23.5 Å². The fourth-order valence-corrected chi connectivity index (χ4v) is 6.43. The predicted octanol–water partition coefficient (Wildman–Crippen LogP) is 6.50. The molecule has 0 radical (unpaired) electrons. The number of aromatic nitrogens is 1. The van der Waals surface area contributed by atoms with E-state index >= 15 is 0 Å². The maximum atomic E-state index is 13.6. The molecule has 0 aliphatic carbocycles. The number of carbonyl (C=O) groups is 2. The van der Waals surface area contributed by atoms with Gasteiger partial charge in [-0.2, -0.15) is 0 Å². The van der Waals surface area contributed by atoms with Crippen LogP contribution in [0.15, 0.2) is 75.7 Å². The lowest BCUT2D eigenvalue weighted by molar-refractivity contribution is -0.117. The second-order valence-electron chi connectivity index (χ2n) is 8.26. The molecule has 0 fully saturated rings. The largest absolute Gasteiger partial charge is 0.503 e. The number of furan rings is 1. The van der Waals surface area contributed by atoms with Crippen molar-refractivity contribution in [3.05, 3.63) is 93.1 Å². The number of rotatable bonds is 4. The van der Waals surface area contributed by atoms with Gasteiger partial charge in [-0.1, -0.05) is 41.7 Å². The number of anilines is 1. The molecule has 34 heavy (non-hydrogen) atoms. The summed E-state index contributed by atoms with van der Waals surface area (Å²) in [6, 6.07) is 15.9. The third-order valence-corrected chi connectivity index (χ3v) is 7.87. The molecule has 6 nitrogen and oxygen atoms in total. The van der Waals surface area contributed by atoms with E-state index in [9.17, 15) is 14.7 Å². The van der Waals surface area contributed by atoms with Crippen molar-refractivity contribution in [3.63, 3.8) is 0 Å². The molecule has 0 saturated carbocycles. The summed E-state index contributed by atoms with van der Waals surface area (Å²) in [6.07, 6.45) is 0. The van der Waals surface area contributed by atoms with Crippen LogP contribution in [-0.4, -0.2) is 21.8 Å². The van der Waals surface area contributed by atoms with Crippen LogP contribution >= 0.6 is 22.7 Å². The van der Waals surface area contributed by atoms with Gasteiger partial charge < -0.3 is 9.52 Å². The van der Waals surface area contributed by atoms with E-state index in [4.69, 9.17) is 9.40 Å². The number of thiazole rings is 1. The normalized spacial score (nSPS) is 16.4. The molecule has 0 saturated heterocycles. The quantitative estimate of drug-likeness (QED) is 0.293. The van der Waals surface area contributed by atoms with E-state index in [-0.39, 0.29) is 11.3 Å². The zero-order chi connectivity index (χ0) is 23.6. The van der Waals surface area contributed by atoms with Gasteiger partial charge in [-0.15, -0.1) is 11.3 Å².